The van der Waals surface area contributed by atoms with Crippen LogP contribution in [0.3, 0.4) is 0 Å². The molecule has 3 fully saturated rings. The van der Waals surface area contributed by atoms with Crippen molar-refractivity contribution in [2.45, 2.75) is 37.1 Å². The van der Waals surface area contributed by atoms with Gasteiger partial charge in [-0.1, -0.05) is 23.7 Å². The summed E-state index contributed by atoms with van der Waals surface area (Å²) in [6.07, 6.45) is 4.05. The molecular formula is C19H24ClN3O2. The van der Waals surface area contributed by atoms with Crippen LogP contribution >= 0.6 is 11.6 Å². The van der Waals surface area contributed by atoms with Gasteiger partial charge in [0.15, 0.2) is 0 Å². The molecule has 2 aliphatic carbocycles. The van der Waals surface area contributed by atoms with Crippen molar-refractivity contribution in [3.05, 3.63) is 34.9 Å². The number of hydrogen-bond donors (Lipinski definition) is 1. The zero-order valence-corrected chi connectivity index (χ0v) is 15.1. The van der Waals surface area contributed by atoms with Gasteiger partial charge in [-0.2, -0.15) is 0 Å². The second-order valence-corrected chi connectivity index (χ2v) is 7.94. The number of nitrogens with one attached hydrogen (secondary N) is 1. The molecule has 0 radical (unpaired) electrons. The molecular weight excluding hydrogens is 338 g/mol. The Kier molecular flexibility index (Phi) is 4.46. The van der Waals surface area contributed by atoms with Crippen molar-refractivity contribution in [1.29, 1.82) is 0 Å². The first-order chi connectivity index (χ1) is 12.1. The van der Waals surface area contributed by atoms with Crippen LogP contribution in [0.2, 0.25) is 5.02 Å². The smallest absolute Gasteiger partial charge is 0.234 e. The van der Waals surface area contributed by atoms with Gasteiger partial charge in [-0.3, -0.25) is 14.5 Å². The Morgan fingerprint density at radius 3 is 2.28 bits per heavy atom. The Morgan fingerprint density at radius 1 is 1.08 bits per heavy atom. The predicted molar refractivity (Wildman–Crippen MR) is 96.5 cm³/mol. The molecule has 6 heteroatoms. The van der Waals surface area contributed by atoms with Gasteiger partial charge in [-0.05, 0) is 43.4 Å². The zero-order chi connectivity index (χ0) is 17.4. The highest BCUT2D eigenvalue weighted by Gasteiger charge is 2.53. The SMILES string of the molecule is O=C(CN1CCN(C(=O)C2(c3ccc(Cl)cc3)CC2)CC1)NC1CC1. The Hall–Kier alpha value is -1.59. The van der Waals surface area contributed by atoms with E-state index in [0.717, 1.165) is 44.3 Å². The molecule has 3 aliphatic rings. The van der Waals surface area contributed by atoms with Crippen LogP contribution in [0, 0.1) is 0 Å². The van der Waals surface area contributed by atoms with Crippen molar-refractivity contribution < 1.29 is 9.59 Å². The fourth-order valence-electron chi connectivity index (χ4n) is 3.64. The fourth-order valence-corrected chi connectivity index (χ4v) is 3.76. The number of carbonyl (C=O) groups is 2. The van der Waals surface area contributed by atoms with Gasteiger partial charge in [0.05, 0.1) is 12.0 Å². The summed E-state index contributed by atoms with van der Waals surface area (Å²) in [5, 5.41) is 3.72. The second kappa shape index (κ2) is 6.61. The number of piperazine rings is 1. The standard InChI is InChI=1S/C19H24ClN3O2/c20-15-3-1-14(2-4-15)19(7-8-19)18(25)23-11-9-22(10-12-23)13-17(24)21-16-5-6-16/h1-4,16H,5-13H2,(H,21,24). The zero-order valence-electron chi connectivity index (χ0n) is 14.3. The molecule has 25 heavy (non-hydrogen) atoms. The summed E-state index contributed by atoms with van der Waals surface area (Å²) in [6.45, 7) is 3.37. The quantitative estimate of drug-likeness (QED) is 0.870. The lowest BCUT2D eigenvalue weighted by Gasteiger charge is -2.36. The van der Waals surface area contributed by atoms with Crippen LogP contribution in [0.1, 0.15) is 31.2 Å². The third-order valence-corrected chi connectivity index (χ3v) is 5.78. The third-order valence-electron chi connectivity index (χ3n) is 5.53. The van der Waals surface area contributed by atoms with E-state index >= 15 is 0 Å². The first kappa shape index (κ1) is 16.9. The second-order valence-electron chi connectivity index (χ2n) is 7.50. The van der Waals surface area contributed by atoms with E-state index < -0.39 is 0 Å². The van der Waals surface area contributed by atoms with Crippen LogP contribution in [-0.4, -0.2) is 60.4 Å². The van der Waals surface area contributed by atoms with Gasteiger partial charge in [0.25, 0.3) is 0 Å². The van der Waals surface area contributed by atoms with Crippen LogP contribution in [0.5, 0.6) is 0 Å². The van der Waals surface area contributed by atoms with Crippen molar-refractivity contribution in [3.8, 4) is 0 Å². The van der Waals surface area contributed by atoms with Gasteiger partial charge in [-0.15, -0.1) is 0 Å². The van der Waals surface area contributed by atoms with E-state index in [1.165, 1.54) is 0 Å². The number of benzene rings is 1. The van der Waals surface area contributed by atoms with Crippen molar-refractivity contribution in [3.63, 3.8) is 0 Å². The lowest BCUT2D eigenvalue weighted by molar-refractivity contribution is -0.136. The van der Waals surface area contributed by atoms with E-state index in [0.29, 0.717) is 30.7 Å². The molecule has 134 valence electrons. The minimum absolute atomic E-state index is 0.113. The number of rotatable bonds is 5. The van der Waals surface area contributed by atoms with Crippen LogP contribution in [0.25, 0.3) is 0 Å². The van der Waals surface area contributed by atoms with Gasteiger partial charge in [0, 0.05) is 37.2 Å². The minimum atomic E-state index is -0.337. The van der Waals surface area contributed by atoms with Gasteiger partial charge >= 0.3 is 0 Å². The van der Waals surface area contributed by atoms with E-state index in [1.807, 2.05) is 29.2 Å². The number of amides is 2. The van der Waals surface area contributed by atoms with E-state index in [-0.39, 0.29) is 17.2 Å². The maximum absolute atomic E-state index is 13.0. The van der Waals surface area contributed by atoms with Crippen LogP contribution in [0.15, 0.2) is 24.3 Å². The molecule has 1 heterocycles. The van der Waals surface area contributed by atoms with Crippen molar-refractivity contribution in [2.24, 2.45) is 0 Å². The number of carbonyl (C=O) groups excluding carboxylic acids is 2. The van der Waals surface area contributed by atoms with E-state index in [9.17, 15) is 9.59 Å². The monoisotopic (exact) mass is 361 g/mol. The van der Waals surface area contributed by atoms with Gasteiger partial charge in [0.1, 0.15) is 0 Å². The molecule has 1 aliphatic heterocycles. The highest BCUT2D eigenvalue weighted by atomic mass is 35.5. The van der Waals surface area contributed by atoms with Crippen LogP contribution in [0.4, 0.5) is 0 Å². The maximum Gasteiger partial charge on any atom is 0.234 e. The van der Waals surface area contributed by atoms with Crippen LogP contribution < -0.4 is 5.32 Å². The topological polar surface area (TPSA) is 52.7 Å². The summed E-state index contributed by atoms with van der Waals surface area (Å²) in [5.41, 5.74) is 0.740. The molecule has 2 saturated carbocycles. The van der Waals surface area contributed by atoms with Gasteiger partial charge in [-0.25, -0.2) is 0 Å². The molecule has 0 spiro atoms. The first-order valence-electron chi connectivity index (χ1n) is 9.14. The van der Waals surface area contributed by atoms with Crippen LogP contribution in [-0.2, 0) is 15.0 Å². The fraction of sp³-hybridized carbons (Fsp3) is 0.579. The van der Waals surface area contributed by atoms with E-state index in [1.54, 1.807) is 0 Å². The molecule has 5 nitrogen and oxygen atoms in total. The van der Waals surface area contributed by atoms with Crippen molar-refractivity contribution in [2.75, 3.05) is 32.7 Å². The molecule has 0 unspecified atom stereocenters. The highest BCUT2D eigenvalue weighted by Crippen LogP contribution is 2.49. The summed E-state index contributed by atoms with van der Waals surface area (Å²) in [6, 6.07) is 8.09. The maximum atomic E-state index is 13.0. The molecule has 1 N–H and O–H groups in total. The first-order valence-corrected chi connectivity index (χ1v) is 9.52. The van der Waals surface area contributed by atoms with Crippen molar-refractivity contribution in [1.82, 2.24) is 15.1 Å². The normalized spacial score (nSPS) is 22.5. The molecule has 0 bridgehead atoms. The molecule has 2 amide bonds. The summed E-state index contributed by atoms with van der Waals surface area (Å²) in [5.74, 6) is 0.346. The largest absolute Gasteiger partial charge is 0.352 e. The Balaban J connectivity index is 1.32. The molecule has 0 aromatic heterocycles. The average Bonchev–Trinajstić information content (AvgIpc) is 3.51. The molecule has 1 saturated heterocycles. The number of hydrogen-bond acceptors (Lipinski definition) is 3. The highest BCUT2D eigenvalue weighted by molar-refractivity contribution is 6.30. The molecule has 1 aromatic rings. The van der Waals surface area contributed by atoms with Gasteiger partial charge < -0.3 is 10.2 Å². The minimum Gasteiger partial charge on any atom is -0.352 e. The van der Waals surface area contributed by atoms with E-state index in [2.05, 4.69) is 10.2 Å². The van der Waals surface area contributed by atoms with Gasteiger partial charge in [0.2, 0.25) is 11.8 Å². The molecule has 4 rings (SSSR count). The average molecular weight is 362 g/mol. The predicted octanol–water partition coefficient (Wildman–Crippen LogP) is 1.79. The Morgan fingerprint density at radius 2 is 1.72 bits per heavy atom. The van der Waals surface area contributed by atoms with Crippen molar-refractivity contribution >= 4 is 23.4 Å². The lowest BCUT2D eigenvalue weighted by Crippen LogP contribution is -2.53. The summed E-state index contributed by atoms with van der Waals surface area (Å²) in [4.78, 5) is 29.1. The molecule has 1 aromatic carbocycles. The third kappa shape index (κ3) is 3.67. The summed E-state index contributed by atoms with van der Waals surface area (Å²) < 4.78 is 0. The summed E-state index contributed by atoms with van der Waals surface area (Å²) in [7, 11) is 0. The summed E-state index contributed by atoms with van der Waals surface area (Å²) >= 11 is 5.97. The number of nitrogens with zero attached hydrogens (tertiary/aromatic N) is 2. The van der Waals surface area contributed by atoms with E-state index in [4.69, 9.17) is 11.6 Å². The molecule has 0 atom stereocenters. The Labute approximate surface area is 153 Å². The lowest BCUT2D eigenvalue weighted by atomic mass is 9.94. The number of halogens is 1. The Bertz CT molecular complexity index is 660.